The minimum absolute atomic E-state index is 0.0525. The predicted octanol–water partition coefficient (Wildman–Crippen LogP) is 4.04. The number of rotatable bonds is 5. The van der Waals surface area contributed by atoms with Crippen LogP contribution in [0.3, 0.4) is 0 Å². The van der Waals surface area contributed by atoms with Crippen molar-refractivity contribution in [2.45, 2.75) is 26.0 Å². The first kappa shape index (κ1) is 16.8. The molecule has 0 fully saturated rings. The van der Waals surface area contributed by atoms with Gasteiger partial charge in [0.1, 0.15) is 11.9 Å². The van der Waals surface area contributed by atoms with Crippen molar-refractivity contribution in [3.63, 3.8) is 0 Å². The maximum absolute atomic E-state index is 13.2. The smallest absolute Gasteiger partial charge is 0.257 e. The van der Waals surface area contributed by atoms with Crippen LogP contribution in [0.2, 0.25) is 5.02 Å². The van der Waals surface area contributed by atoms with Crippen LogP contribution in [0, 0.1) is 17.1 Å². The second-order valence-electron chi connectivity index (χ2n) is 5.06. The molecule has 0 aliphatic carbocycles. The summed E-state index contributed by atoms with van der Waals surface area (Å²) in [5.41, 5.74) is 0.754. The number of pyridine rings is 1. The second kappa shape index (κ2) is 7.16. The Morgan fingerprint density at radius 1 is 1.39 bits per heavy atom. The fourth-order valence-corrected chi connectivity index (χ4v) is 2.10. The Bertz CT molecular complexity index is 747. The molecule has 2 N–H and O–H groups in total. The third-order valence-corrected chi connectivity index (χ3v) is 3.23. The second-order valence-corrected chi connectivity index (χ2v) is 5.46. The van der Waals surface area contributed by atoms with Crippen LogP contribution in [0.1, 0.15) is 25.5 Å². The number of ether oxygens (including phenoxy) is 1. The lowest BCUT2D eigenvalue weighted by molar-refractivity contribution is 0.221. The number of aromatic hydroxyl groups is 1. The molecule has 0 bridgehead atoms. The van der Waals surface area contributed by atoms with Gasteiger partial charge >= 0.3 is 0 Å². The van der Waals surface area contributed by atoms with Crippen LogP contribution < -0.4 is 10.1 Å². The molecule has 0 amide bonds. The van der Waals surface area contributed by atoms with Crippen molar-refractivity contribution < 1.29 is 14.2 Å². The molecule has 0 aliphatic rings. The van der Waals surface area contributed by atoms with Gasteiger partial charge in [0.25, 0.3) is 5.88 Å². The molecule has 1 aromatic heterocycles. The molecule has 1 unspecified atom stereocenters. The quantitative estimate of drug-likeness (QED) is 0.862. The first-order valence-electron chi connectivity index (χ1n) is 6.88. The van der Waals surface area contributed by atoms with Crippen LogP contribution in [0.15, 0.2) is 30.5 Å². The first-order valence-corrected chi connectivity index (χ1v) is 7.26. The molecular weight excluding hydrogens is 321 g/mol. The van der Waals surface area contributed by atoms with E-state index in [1.54, 1.807) is 13.8 Å². The summed E-state index contributed by atoms with van der Waals surface area (Å²) < 4.78 is 18.6. The van der Waals surface area contributed by atoms with Crippen molar-refractivity contribution in [3.05, 3.63) is 46.9 Å². The zero-order valence-electron chi connectivity index (χ0n) is 12.5. The number of aromatic nitrogens is 1. The highest BCUT2D eigenvalue weighted by molar-refractivity contribution is 6.31. The molecule has 0 saturated carbocycles. The number of nitrogens with one attached hydrogen (secondary N) is 1. The summed E-state index contributed by atoms with van der Waals surface area (Å²) in [6, 6.07) is 6.67. The summed E-state index contributed by atoms with van der Waals surface area (Å²) in [6.07, 6.45) is 1.27. The monoisotopic (exact) mass is 335 g/mol. The molecule has 0 saturated heterocycles. The van der Waals surface area contributed by atoms with E-state index < -0.39 is 11.9 Å². The zero-order chi connectivity index (χ0) is 17.0. The molecule has 0 aliphatic heterocycles. The summed E-state index contributed by atoms with van der Waals surface area (Å²) in [5.74, 6) is -0.713. The van der Waals surface area contributed by atoms with Crippen LogP contribution in [-0.2, 0) is 0 Å². The van der Waals surface area contributed by atoms with E-state index in [1.807, 2.05) is 6.07 Å². The van der Waals surface area contributed by atoms with E-state index in [0.717, 1.165) is 0 Å². The van der Waals surface area contributed by atoms with Gasteiger partial charge in [0.2, 0.25) is 0 Å². The molecule has 120 valence electrons. The molecule has 2 aromatic rings. The largest absolute Gasteiger partial charge is 0.503 e. The molecule has 1 aromatic carbocycles. The van der Waals surface area contributed by atoms with Crippen molar-refractivity contribution >= 4 is 17.3 Å². The molecule has 5 nitrogen and oxygen atoms in total. The average molecular weight is 336 g/mol. The summed E-state index contributed by atoms with van der Waals surface area (Å²) in [5, 5.41) is 22.4. The molecule has 1 heterocycles. The minimum Gasteiger partial charge on any atom is -0.503 e. The van der Waals surface area contributed by atoms with E-state index in [2.05, 4.69) is 10.3 Å². The summed E-state index contributed by atoms with van der Waals surface area (Å²) in [4.78, 5) is 3.95. The van der Waals surface area contributed by atoms with Crippen molar-refractivity contribution in [2.75, 3.05) is 5.32 Å². The van der Waals surface area contributed by atoms with Gasteiger partial charge in [-0.15, -0.1) is 0 Å². The van der Waals surface area contributed by atoms with E-state index in [-0.39, 0.29) is 22.8 Å². The number of hydrogen-bond acceptors (Lipinski definition) is 5. The SMILES string of the molecule is CC(C)Oc1nccc(C(C#N)Nc2ccc(F)c(Cl)c2)c1O. The summed E-state index contributed by atoms with van der Waals surface area (Å²) in [6.45, 7) is 3.60. The lowest BCUT2D eigenvalue weighted by Gasteiger charge is -2.17. The van der Waals surface area contributed by atoms with Crippen LogP contribution in [0.25, 0.3) is 0 Å². The normalized spacial score (nSPS) is 11.8. The van der Waals surface area contributed by atoms with Crippen molar-refractivity contribution in [2.24, 2.45) is 0 Å². The van der Waals surface area contributed by atoms with E-state index >= 15 is 0 Å². The summed E-state index contributed by atoms with van der Waals surface area (Å²) >= 11 is 5.72. The standard InChI is InChI=1S/C16H15ClFN3O2/c1-9(2)23-16-15(22)11(5-6-20-16)14(8-19)21-10-3-4-13(18)12(17)7-10/h3-7,9,14,21-22H,1-2H3. The van der Waals surface area contributed by atoms with E-state index in [0.29, 0.717) is 11.3 Å². The van der Waals surface area contributed by atoms with E-state index in [9.17, 15) is 14.8 Å². The number of anilines is 1. The molecule has 0 radical (unpaired) electrons. The molecular formula is C16H15ClFN3O2. The molecule has 23 heavy (non-hydrogen) atoms. The van der Waals surface area contributed by atoms with Crippen molar-refractivity contribution in [1.29, 1.82) is 5.26 Å². The lowest BCUT2D eigenvalue weighted by Crippen LogP contribution is -2.11. The van der Waals surface area contributed by atoms with Crippen LogP contribution in [0.5, 0.6) is 11.6 Å². The Balaban J connectivity index is 2.31. The topological polar surface area (TPSA) is 78.2 Å². The van der Waals surface area contributed by atoms with Gasteiger partial charge in [-0.05, 0) is 38.1 Å². The maximum Gasteiger partial charge on any atom is 0.257 e. The van der Waals surface area contributed by atoms with Gasteiger partial charge in [-0.1, -0.05) is 11.6 Å². The van der Waals surface area contributed by atoms with Crippen molar-refractivity contribution in [1.82, 2.24) is 4.98 Å². The Morgan fingerprint density at radius 2 is 2.13 bits per heavy atom. The van der Waals surface area contributed by atoms with Crippen molar-refractivity contribution in [3.8, 4) is 17.7 Å². The predicted molar refractivity (Wildman–Crippen MR) is 85.1 cm³/mol. The average Bonchev–Trinajstić information content (AvgIpc) is 2.50. The van der Waals surface area contributed by atoms with Crippen LogP contribution >= 0.6 is 11.6 Å². The number of nitrogens with zero attached hydrogens (tertiary/aromatic N) is 2. The van der Waals surface area contributed by atoms with Crippen LogP contribution in [-0.4, -0.2) is 16.2 Å². The van der Waals surface area contributed by atoms with Gasteiger partial charge in [0, 0.05) is 17.4 Å². The van der Waals surface area contributed by atoms with Gasteiger partial charge in [-0.2, -0.15) is 5.26 Å². The fraction of sp³-hybridized carbons (Fsp3) is 0.250. The van der Waals surface area contributed by atoms with Gasteiger partial charge in [-0.25, -0.2) is 9.37 Å². The van der Waals surface area contributed by atoms with E-state index in [4.69, 9.17) is 16.3 Å². The first-order chi connectivity index (χ1) is 10.9. The number of hydrogen-bond donors (Lipinski definition) is 2. The Labute approximate surface area is 138 Å². The maximum atomic E-state index is 13.2. The third kappa shape index (κ3) is 4.02. The molecule has 7 heteroatoms. The highest BCUT2D eigenvalue weighted by Crippen LogP contribution is 2.34. The van der Waals surface area contributed by atoms with Crippen LogP contribution in [0.4, 0.5) is 10.1 Å². The van der Waals surface area contributed by atoms with Gasteiger partial charge < -0.3 is 15.2 Å². The third-order valence-electron chi connectivity index (χ3n) is 2.94. The Kier molecular flexibility index (Phi) is 5.24. The Hall–Kier alpha value is -2.52. The van der Waals surface area contributed by atoms with E-state index in [1.165, 1.54) is 30.5 Å². The summed E-state index contributed by atoms with van der Waals surface area (Å²) in [7, 11) is 0. The van der Waals surface area contributed by atoms with Gasteiger partial charge in [0.05, 0.1) is 17.2 Å². The van der Waals surface area contributed by atoms with Gasteiger partial charge in [-0.3, -0.25) is 0 Å². The molecule has 2 rings (SSSR count). The highest BCUT2D eigenvalue weighted by atomic mass is 35.5. The number of halogens is 2. The fourth-order valence-electron chi connectivity index (χ4n) is 1.92. The Morgan fingerprint density at radius 3 is 2.74 bits per heavy atom. The lowest BCUT2D eigenvalue weighted by atomic mass is 10.1. The molecule has 1 atom stereocenters. The zero-order valence-corrected chi connectivity index (χ0v) is 13.3. The number of benzene rings is 1. The number of nitriles is 1. The molecule has 0 spiro atoms. The minimum atomic E-state index is -0.881. The van der Waals surface area contributed by atoms with Gasteiger partial charge in [0.15, 0.2) is 5.75 Å². The highest BCUT2D eigenvalue weighted by Gasteiger charge is 2.19.